The van der Waals surface area contributed by atoms with E-state index in [0.717, 1.165) is 99.9 Å². The van der Waals surface area contributed by atoms with Crippen molar-refractivity contribution in [2.45, 2.75) is 0 Å². The summed E-state index contributed by atoms with van der Waals surface area (Å²) >= 11 is 0. The second-order valence-electron chi connectivity index (χ2n) is 15.1. The fourth-order valence-electron chi connectivity index (χ4n) is 8.63. The van der Waals surface area contributed by atoms with Gasteiger partial charge in [-0.1, -0.05) is 121 Å². The fraction of sp³-hybridized carbons (Fsp3) is 0. The number of oxazole rings is 1. The first-order chi connectivity index (χ1) is 29.7. The average molecular weight is 771 g/mol. The zero-order valence-corrected chi connectivity index (χ0v) is 32.2. The van der Waals surface area contributed by atoms with Crippen LogP contribution in [0.3, 0.4) is 0 Å². The molecule has 0 fully saturated rings. The molecule has 0 saturated carbocycles. The maximum Gasteiger partial charge on any atom is 0.227 e. The Morgan fingerprint density at radius 3 is 1.52 bits per heavy atom. The van der Waals surface area contributed by atoms with Gasteiger partial charge < -0.3 is 18.2 Å². The SMILES string of the molecule is c1ccc(-c2ccc(N(c3ccc(-c4ccc5oc6ccc7oc(-c8ccccc8)nc7c6c5c4)cc3)c3ccc(-c4cccc5oc6ccccc6c45)cc3)cc2)cc1. The minimum Gasteiger partial charge on any atom is -0.456 e. The van der Waals surface area contributed by atoms with E-state index in [1.807, 2.05) is 60.7 Å². The lowest BCUT2D eigenvalue weighted by Gasteiger charge is -2.26. The van der Waals surface area contributed by atoms with Gasteiger partial charge in [-0.3, -0.25) is 0 Å². The van der Waals surface area contributed by atoms with Crippen LogP contribution >= 0.6 is 0 Å². The van der Waals surface area contributed by atoms with Crippen LogP contribution in [0.1, 0.15) is 0 Å². The highest BCUT2D eigenvalue weighted by Crippen LogP contribution is 2.42. The minimum absolute atomic E-state index is 0.594. The summed E-state index contributed by atoms with van der Waals surface area (Å²) in [6.07, 6.45) is 0. The Kier molecular flexibility index (Phi) is 7.78. The predicted octanol–water partition coefficient (Wildman–Crippen LogP) is 15.8. The van der Waals surface area contributed by atoms with E-state index in [1.54, 1.807) is 0 Å². The summed E-state index contributed by atoms with van der Waals surface area (Å²) in [6.45, 7) is 0. The number of fused-ring (bicyclic) bond motifs is 8. The van der Waals surface area contributed by atoms with Crippen molar-refractivity contribution in [3.63, 3.8) is 0 Å². The lowest BCUT2D eigenvalue weighted by molar-refractivity contribution is 0.619. The molecule has 9 aromatic carbocycles. The van der Waals surface area contributed by atoms with E-state index in [4.69, 9.17) is 18.2 Å². The van der Waals surface area contributed by atoms with Gasteiger partial charge in [0.05, 0.1) is 5.39 Å². The summed E-state index contributed by atoms with van der Waals surface area (Å²) in [5.41, 5.74) is 15.9. The third-order valence-corrected chi connectivity index (χ3v) is 11.5. The molecular formula is C55H34N2O3. The van der Waals surface area contributed by atoms with Crippen LogP contribution in [0.15, 0.2) is 220 Å². The zero-order chi connectivity index (χ0) is 39.6. The van der Waals surface area contributed by atoms with Crippen molar-refractivity contribution in [1.82, 2.24) is 4.98 Å². The largest absolute Gasteiger partial charge is 0.456 e. The molecule has 12 aromatic rings. The predicted molar refractivity (Wildman–Crippen MR) is 245 cm³/mol. The van der Waals surface area contributed by atoms with Crippen LogP contribution in [0, 0.1) is 0 Å². The van der Waals surface area contributed by atoms with Crippen LogP contribution in [0.25, 0.3) is 99.8 Å². The molecule has 0 spiro atoms. The maximum atomic E-state index is 6.33. The molecular weight excluding hydrogens is 737 g/mol. The number of para-hydroxylation sites is 1. The lowest BCUT2D eigenvalue weighted by atomic mass is 9.99. The number of hydrogen-bond donors (Lipinski definition) is 0. The Balaban J connectivity index is 0.930. The molecule has 0 aliphatic rings. The standard InChI is InChI=1S/C55H34N2O3/c1-3-10-35(11-4-1)36-18-25-41(26-19-36)57(43-29-22-38(23-30-43)44-15-9-17-49-52(44)45-14-7-8-16-47(45)58-49)42-27-20-37(21-28-42)40-24-31-48-46(34-40)53-50(59-48)32-33-51-54(53)56-55(60-51)39-12-5-2-6-13-39/h1-34H. The van der Waals surface area contributed by atoms with Crippen molar-refractivity contribution in [2.75, 3.05) is 4.90 Å². The molecule has 60 heavy (non-hydrogen) atoms. The molecule has 282 valence electrons. The number of furan rings is 2. The van der Waals surface area contributed by atoms with Crippen LogP contribution in [0.4, 0.5) is 17.1 Å². The van der Waals surface area contributed by atoms with Crippen molar-refractivity contribution in [2.24, 2.45) is 0 Å². The van der Waals surface area contributed by atoms with E-state index in [9.17, 15) is 0 Å². The highest BCUT2D eigenvalue weighted by molar-refractivity contribution is 6.17. The van der Waals surface area contributed by atoms with Crippen molar-refractivity contribution in [3.05, 3.63) is 206 Å². The molecule has 0 radical (unpaired) electrons. The minimum atomic E-state index is 0.594. The Hall–Kier alpha value is -8.15. The average Bonchev–Trinajstić information content (AvgIpc) is 4.04. The van der Waals surface area contributed by atoms with Gasteiger partial charge in [-0.25, -0.2) is 4.98 Å². The summed E-state index contributed by atoms with van der Waals surface area (Å²) in [6, 6.07) is 71.8. The second kappa shape index (κ2) is 13.8. The van der Waals surface area contributed by atoms with E-state index in [0.29, 0.717) is 5.89 Å². The van der Waals surface area contributed by atoms with E-state index in [2.05, 4.69) is 150 Å². The first-order valence-electron chi connectivity index (χ1n) is 20.1. The summed E-state index contributed by atoms with van der Waals surface area (Å²) in [5.74, 6) is 0.594. The van der Waals surface area contributed by atoms with Gasteiger partial charge in [0.1, 0.15) is 27.8 Å². The number of aromatic nitrogens is 1. The molecule has 0 saturated heterocycles. The molecule has 0 atom stereocenters. The Bertz CT molecular complexity index is 3510. The first kappa shape index (κ1) is 33.9. The zero-order valence-electron chi connectivity index (χ0n) is 32.2. The quantitative estimate of drug-likeness (QED) is 0.162. The molecule has 0 bridgehead atoms. The first-order valence-corrected chi connectivity index (χ1v) is 20.1. The number of benzene rings is 9. The normalized spacial score (nSPS) is 11.7. The number of anilines is 3. The van der Waals surface area contributed by atoms with Gasteiger partial charge in [0, 0.05) is 38.8 Å². The number of nitrogens with zero attached hydrogens (tertiary/aromatic N) is 2. The molecule has 0 amide bonds. The summed E-state index contributed by atoms with van der Waals surface area (Å²) in [5, 5.41) is 4.21. The topological polar surface area (TPSA) is 55.6 Å². The van der Waals surface area contributed by atoms with Crippen molar-refractivity contribution < 1.29 is 13.3 Å². The van der Waals surface area contributed by atoms with E-state index in [-0.39, 0.29) is 0 Å². The van der Waals surface area contributed by atoms with Gasteiger partial charge in [-0.05, 0) is 118 Å². The van der Waals surface area contributed by atoms with E-state index < -0.39 is 0 Å². The molecule has 5 nitrogen and oxygen atoms in total. The van der Waals surface area contributed by atoms with Crippen LogP contribution in [0.2, 0.25) is 0 Å². The molecule has 0 N–H and O–H groups in total. The Morgan fingerprint density at radius 1 is 0.317 bits per heavy atom. The Labute approximate surface area is 345 Å². The van der Waals surface area contributed by atoms with Crippen molar-refractivity contribution in [3.8, 4) is 44.8 Å². The third-order valence-electron chi connectivity index (χ3n) is 11.5. The van der Waals surface area contributed by atoms with Gasteiger partial charge in [-0.15, -0.1) is 0 Å². The molecule has 0 unspecified atom stereocenters. The molecule has 3 heterocycles. The lowest BCUT2D eigenvalue weighted by Crippen LogP contribution is -2.09. The van der Waals surface area contributed by atoms with Crippen LogP contribution < -0.4 is 4.90 Å². The fourth-order valence-corrected chi connectivity index (χ4v) is 8.63. The maximum absolute atomic E-state index is 6.33. The second-order valence-corrected chi connectivity index (χ2v) is 15.1. The molecule has 0 aliphatic carbocycles. The van der Waals surface area contributed by atoms with E-state index >= 15 is 0 Å². The van der Waals surface area contributed by atoms with Crippen LogP contribution in [0.5, 0.6) is 0 Å². The van der Waals surface area contributed by atoms with Gasteiger partial charge in [0.15, 0.2) is 5.58 Å². The van der Waals surface area contributed by atoms with Gasteiger partial charge in [0.2, 0.25) is 5.89 Å². The summed E-state index contributed by atoms with van der Waals surface area (Å²) in [7, 11) is 0. The molecule has 3 aromatic heterocycles. The van der Waals surface area contributed by atoms with E-state index in [1.165, 1.54) is 11.1 Å². The molecule has 5 heteroatoms. The highest BCUT2D eigenvalue weighted by Gasteiger charge is 2.19. The van der Waals surface area contributed by atoms with Crippen LogP contribution in [-0.2, 0) is 0 Å². The van der Waals surface area contributed by atoms with Gasteiger partial charge in [0.25, 0.3) is 0 Å². The summed E-state index contributed by atoms with van der Waals surface area (Å²) < 4.78 is 18.8. The number of rotatable bonds is 7. The van der Waals surface area contributed by atoms with Gasteiger partial charge >= 0.3 is 0 Å². The van der Waals surface area contributed by atoms with Crippen molar-refractivity contribution >= 4 is 72.0 Å². The van der Waals surface area contributed by atoms with Gasteiger partial charge in [-0.2, -0.15) is 0 Å². The smallest absolute Gasteiger partial charge is 0.227 e. The molecule has 12 rings (SSSR count). The Morgan fingerprint density at radius 2 is 0.817 bits per heavy atom. The van der Waals surface area contributed by atoms with Crippen LogP contribution in [-0.4, -0.2) is 4.98 Å². The summed E-state index contributed by atoms with van der Waals surface area (Å²) in [4.78, 5) is 7.27. The monoisotopic (exact) mass is 770 g/mol. The van der Waals surface area contributed by atoms with Crippen molar-refractivity contribution in [1.29, 1.82) is 0 Å². The molecule has 0 aliphatic heterocycles. The third kappa shape index (κ3) is 5.67. The highest BCUT2D eigenvalue weighted by atomic mass is 16.4. The number of hydrogen-bond acceptors (Lipinski definition) is 5.